The third-order valence-electron chi connectivity index (χ3n) is 2.48. The van der Waals surface area contributed by atoms with Crippen molar-refractivity contribution in [2.45, 2.75) is 26.0 Å². The summed E-state index contributed by atoms with van der Waals surface area (Å²) in [6.45, 7) is 3.82. The predicted octanol–water partition coefficient (Wildman–Crippen LogP) is 2.93. The number of hydrogen-bond acceptors (Lipinski definition) is 3. The number of aromatic hydroxyl groups is 1. The van der Waals surface area contributed by atoms with Crippen LogP contribution < -0.4 is 5.73 Å². The van der Waals surface area contributed by atoms with Gasteiger partial charge in [-0.3, -0.25) is 0 Å². The van der Waals surface area contributed by atoms with E-state index in [2.05, 4.69) is 31.9 Å². The minimum Gasteiger partial charge on any atom is -0.506 e. The summed E-state index contributed by atoms with van der Waals surface area (Å²) in [6.07, 6.45) is -0.608. The number of phenolic OH excluding ortho intramolecular Hbond substituents is 1. The van der Waals surface area contributed by atoms with E-state index < -0.39 is 12.1 Å². The summed E-state index contributed by atoms with van der Waals surface area (Å²) in [5, 5.41) is 19.4. The van der Waals surface area contributed by atoms with Crippen LogP contribution in [0.15, 0.2) is 21.1 Å². The van der Waals surface area contributed by atoms with Gasteiger partial charge in [-0.2, -0.15) is 0 Å². The van der Waals surface area contributed by atoms with Gasteiger partial charge < -0.3 is 15.9 Å². The molecule has 16 heavy (non-hydrogen) atoms. The van der Waals surface area contributed by atoms with Gasteiger partial charge in [0.05, 0.1) is 21.1 Å². The summed E-state index contributed by atoms with van der Waals surface area (Å²) in [4.78, 5) is 0. The molecule has 0 saturated carbocycles. The van der Waals surface area contributed by atoms with Crippen LogP contribution in [0.25, 0.3) is 0 Å². The number of aliphatic hydroxyl groups is 1. The molecule has 0 unspecified atom stereocenters. The maximum absolute atomic E-state index is 9.88. The van der Waals surface area contributed by atoms with Crippen molar-refractivity contribution in [3.63, 3.8) is 0 Å². The van der Waals surface area contributed by atoms with E-state index in [1.807, 2.05) is 13.8 Å². The lowest BCUT2D eigenvalue weighted by Crippen LogP contribution is -2.30. The molecule has 0 spiro atoms. The lowest BCUT2D eigenvalue weighted by molar-refractivity contribution is 0.0979. The molecule has 1 aromatic carbocycles. The number of hydrogen-bond donors (Lipinski definition) is 3. The van der Waals surface area contributed by atoms with Gasteiger partial charge in [-0.1, -0.05) is 13.8 Å². The van der Waals surface area contributed by atoms with E-state index in [1.165, 1.54) is 0 Å². The van der Waals surface area contributed by atoms with Gasteiger partial charge in [0.25, 0.3) is 0 Å². The van der Waals surface area contributed by atoms with E-state index in [9.17, 15) is 10.2 Å². The Hall–Kier alpha value is -0.100. The van der Waals surface area contributed by atoms with Gasteiger partial charge in [-0.25, -0.2) is 0 Å². The first kappa shape index (κ1) is 14.0. The molecule has 0 aliphatic heterocycles. The molecule has 1 aromatic rings. The lowest BCUT2D eigenvalue weighted by Gasteiger charge is -2.23. The summed E-state index contributed by atoms with van der Waals surface area (Å²) in [7, 11) is 0. The SMILES string of the molecule is CC(C)[C@H](O)[C@H](N)c1cc(Br)c(O)c(Br)c1. The van der Waals surface area contributed by atoms with Crippen LogP contribution in [0.2, 0.25) is 0 Å². The average molecular weight is 353 g/mol. The third kappa shape index (κ3) is 2.97. The molecule has 0 aliphatic rings. The summed E-state index contributed by atoms with van der Waals surface area (Å²) in [6, 6.07) is 2.97. The molecule has 0 amide bonds. The molecule has 0 bridgehead atoms. The molecule has 0 aliphatic carbocycles. The molecule has 1 rings (SSSR count). The van der Waals surface area contributed by atoms with Crippen LogP contribution in [-0.4, -0.2) is 16.3 Å². The zero-order valence-corrected chi connectivity index (χ0v) is 12.3. The minimum atomic E-state index is -0.608. The van der Waals surface area contributed by atoms with E-state index in [1.54, 1.807) is 12.1 Å². The monoisotopic (exact) mass is 351 g/mol. The number of aliphatic hydroxyl groups excluding tert-OH is 1. The van der Waals surface area contributed by atoms with Crippen molar-refractivity contribution in [2.24, 2.45) is 11.7 Å². The second-order valence-electron chi connectivity index (χ2n) is 4.09. The van der Waals surface area contributed by atoms with E-state index in [0.29, 0.717) is 8.95 Å². The number of benzene rings is 1. The van der Waals surface area contributed by atoms with E-state index in [-0.39, 0.29) is 11.7 Å². The second kappa shape index (κ2) is 5.49. The highest BCUT2D eigenvalue weighted by Gasteiger charge is 2.21. The van der Waals surface area contributed by atoms with Crippen LogP contribution in [0.4, 0.5) is 0 Å². The normalized spacial score (nSPS) is 15.2. The molecule has 0 fully saturated rings. The van der Waals surface area contributed by atoms with Crippen molar-refractivity contribution < 1.29 is 10.2 Å². The van der Waals surface area contributed by atoms with Gasteiger partial charge in [-0.05, 0) is 55.5 Å². The zero-order chi connectivity index (χ0) is 12.5. The highest BCUT2D eigenvalue weighted by molar-refractivity contribution is 9.11. The van der Waals surface area contributed by atoms with Crippen LogP contribution in [0.3, 0.4) is 0 Å². The summed E-state index contributed by atoms with van der Waals surface area (Å²) in [5.74, 6) is 0.219. The number of rotatable bonds is 3. The fourth-order valence-electron chi connectivity index (χ4n) is 1.39. The second-order valence-corrected chi connectivity index (χ2v) is 5.80. The maximum Gasteiger partial charge on any atom is 0.143 e. The average Bonchev–Trinajstić information content (AvgIpc) is 2.22. The number of halogens is 2. The van der Waals surface area contributed by atoms with Crippen molar-refractivity contribution in [3.8, 4) is 5.75 Å². The Balaban J connectivity index is 3.05. The predicted molar refractivity (Wildman–Crippen MR) is 71.3 cm³/mol. The molecular weight excluding hydrogens is 338 g/mol. The Labute approximate surface area is 112 Å². The summed E-state index contributed by atoms with van der Waals surface area (Å²) in [5.41, 5.74) is 6.73. The van der Waals surface area contributed by atoms with E-state index in [4.69, 9.17) is 5.73 Å². The Morgan fingerprint density at radius 3 is 2.00 bits per heavy atom. The van der Waals surface area contributed by atoms with Crippen molar-refractivity contribution in [1.82, 2.24) is 0 Å². The van der Waals surface area contributed by atoms with Gasteiger partial charge in [0.15, 0.2) is 0 Å². The van der Waals surface area contributed by atoms with Crippen LogP contribution in [0.5, 0.6) is 5.75 Å². The van der Waals surface area contributed by atoms with Crippen molar-refractivity contribution >= 4 is 31.9 Å². The topological polar surface area (TPSA) is 66.5 Å². The first-order chi connectivity index (χ1) is 7.34. The van der Waals surface area contributed by atoms with Crippen LogP contribution >= 0.6 is 31.9 Å². The first-order valence-electron chi connectivity index (χ1n) is 4.96. The van der Waals surface area contributed by atoms with Crippen LogP contribution in [-0.2, 0) is 0 Å². The molecule has 0 radical (unpaired) electrons. The van der Waals surface area contributed by atoms with Gasteiger partial charge in [0.1, 0.15) is 5.75 Å². The highest BCUT2D eigenvalue weighted by atomic mass is 79.9. The molecule has 2 atom stereocenters. The Morgan fingerprint density at radius 1 is 1.19 bits per heavy atom. The fraction of sp³-hybridized carbons (Fsp3) is 0.455. The molecule has 0 saturated heterocycles. The van der Waals surface area contributed by atoms with E-state index in [0.717, 1.165) is 5.56 Å². The summed E-state index contributed by atoms with van der Waals surface area (Å²) >= 11 is 6.47. The van der Waals surface area contributed by atoms with Crippen molar-refractivity contribution in [3.05, 3.63) is 26.6 Å². The van der Waals surface area contributed by atoms with Crippen LogP contribution in [0, 0.1) is 5.92 Å². The molecular formula is C11H15Br2NO2. The lowest BCUT2D eigenvalue weighted by atomic mass is 9.94. The largest absolute Gasteiger partial charge is 0.506 e. The molecule has 0 heterocycles. The summed E-state index contributed by atoms with van der Waals surface area (Å²) < 4.78 is 1.12. The van der Waals surface area contributed by atoms with Gasteiger partial charge in [0, 0.05) is 0 Å². The molecule has 3 nitrogen and oxygen atoms in total. The van der Waals surface area contributed by atoms with E-state index >= 15 is 0 Å². The molecule has 0 aromatic heterocycles. The number of nitrogens with two attached hydrogens (primary N) is 1. The standard InChI is InChI=1S/C11H15Br2NO2/c1-5(2)10(15)9(14)6-3-7(12)11(16)8(13)4-6/h3-5,9-10,15-16H,14H2,1-2H3/t9-,10+/m1/s1. The van der Waals surface area contributed by atoms with Gasteiger partial charge in [-0.15, -0.1) is 0 Å². The minimum absolute atomic E-state index is 0.0846. The third-order valence-corrected chi connectivity index (χ3v) is 3.68. The Morgan fingerprint density at radius 2 is 1.62 bits per heavy atom. The Kier molecular flexibility index (Phi) is 4.79. The number of phenols is 1. The maximum atomic E-state index is 9.88. The zero-order valence-electron chi connectivity index (χ0n) is 9.11. The smallest absolute Gasteiger partial charge is 0.143 e. The molecule has 4 N–H and O–H groups in total. The van der Waals surface area contributed by atoms with Crippen molar-refractivity contribution in [2.75, 3.05) is 0 Å². The fourth-order valence-corrected chi connectivity index (χ4v) is 2.61. The quantitative estimate of drug-likeness (QED) is 0.783. The Bertz CT molecular complexity index is 359. The van der Waals surface area contributed by atoms with Gasteiger partial charge in [0.2, 0.25) is 0 Å². The molecule has 5 heteroatoms. The first-order valence-corrected chi connectivity index (χ1v) is 6.54. The van der Waals surface area contributed by atoms with Crippen LogP contribution in [0.1, 0.15) is 25.5 Å². The molecule has 90 valence electrons. The van der Waals surface area contributed by atoms with Crippen molar-refractivity contribution in [1.29, 1.82) is 0 Å². The highest BCUT2D eigenvalue weighted by Crippen LogP contribution is 2.35. The van der Waals surface area contributed by atoms with Gasteiger partial charge >= 0.3 is 0 Å².